The van der Waals surface area contributed by atoms with Gasteiger partial charge in [-0.25, -0.2) is 0 Å². The molecular formula is C17H27N3O. The molecule has 1 saturated carbocycles. The standard InChI is InChI=1S/C17H27N3O/c1-13(2)10-14-11-15(19(3)18-14)16(21)20-9-8-17(12-20)6-4-5-7-17/h11,13H,4-10,12H2,1-3H3. The highest BCUT2D eigenvalue weighted by Gasteiger charge is 2.42. The molecule has 1 aromatic rings. The molecule has 0 N–H and O–H groups in total. The van der Waals surface area contributed by atoms with Crippen molar-refractivity contribution in [2.45, 2.75) is 52.4 Å². The number of carbonyl (C=O) groups is 1. The molecule has 0 bridgehead atoms. The van der Waals surface area contributed by atoms with E-state index in [-0.39, 0.29) is 5.91 Å². The van der Waals surface area contributed by atoms with E-state index in [1.165, 1.54) is 32.1 Å². The molecule has 1 aliphatic carbocycles. The number of amides is 1. The van der Waals surface area contributed by atoms with E-state index < -0.39 is 0 Å². The van der Waals surface area contributed by atoms with Gasteiger partial charge in [0.25, 0.3) is 5.91 Å². The molecule has 1 aromatic heterocycles. The first-order valence-corrected chi connectivity index (χ1v) is 8.31. The van der Waals surface area contributed by atoms with Crippen molar-refractivity contribution in [3.63, 3.8) is 0 Å². The summed E-state index contributed by atoms with van der Waals surface area (Å²) in [6.45, 7) is 6.24. The summed E-state index contributed by atoms with van der Waals surface area (Å²) in [5, 5.41) is 4.50. The van der Waals surface area contributed by atoms with E-state index >= 15 is 0 Å². The van der Waals surface area contributed by atoms with E-state index in [2.05, 4.69) is 23.8 Å². The average Bonchev–Trinajstić information content (AvgIpc) is 3.12. The Bertz CT molecular complexity index is 526. The van der Waals surface area contributed by atoms with Gasteiger partial charge in [0.05, 0.1) is 5.69 Å². The minimum absolute atomic E-state index is 0.170. The molecule has 1 amide bonds. The number of hydrogen-bond acceptors (Lipinski definition) is 2. The number of aryl methyl sites for hydroxylation is 1. The fraction of sp³-hybridized carbons (Fsp3) is 0.765. The predicted octanol–water partition coefficient (Wildman–Crippen LogP) is 3.02. The third-order valence-electron chi connectivity index (χ3n) is 5.16. The smallest absolute Gasteiger partial charge is 0.272 e. The van der Waals surface area contributed by atoms with Gasteiger partial charge in [0, 0.05) is 20.1 Å². The Balaban J connectivity index is 1.72. The van der Waals surface area contributed by atoms with E-state index in [4.69, 9.17) is 0 Å². The molecule has 4 nitrogen and oxygen atoms in total. The fourth-order valence-corrected chi connectivity index (χ4v) is 4.05. The molecule has 4 heteroatoms. The van der Waals surface area contributed by atoms with Gasteiger partial charge < -0.3 is 4.90 Å². The molecule has 21 heavy (non-hydrogen) atoms. The summed E-state index contributed by atoms with van der Waals surface area (Å²) in [6.07, 6.45) is 7.42. The highest BCUT2D eigenvalue weighted by Crippen LogP contribution is 2.45. The van der Waals surface area contributed by atoms with Crippen molar-refractivity contribution in [2.24, 2.45) is 18.4 Å². The van der Waals surface area contributed by atoms with Gasteiger partial charge in [0.15, 0.2) is 0 Å². The van der Waals surface area contributed by atoms with Crippen molar-refractivity contribution in [3.05, 3.63) is 17.5 Å². The summed E-state index contributed by atoms with van der Waals surface area (Å²) in [6, 6.07) is 1.99. The summed E-state index contributed by atoms with van der Waals surface area (Å²) in [7, 11) is 1.89. The lowest BCUT2D eigenvalue weighted by molar-refractivity contribution is 0.0762. The molecule has 3 rings (SSSR count). The summed E-state index contributed by atoms with van der Waals surface area (Å²) >= 11 is 0. The molecule has 0 unspecified atom stereocenters. The molecular weight excluding hydrogens is 262 g/mol. The predicted molar refractivity (Wildman–Crippen MR) is 83.2 cm³/mol. The molecule has 2 aliphatic rings. The van der Waals surface area contributed by atoms with Crippen LogP contribution in [0.5, 0.6) is 0 Å². The van der Waals surface area contributed by atoms with Crippen LogP contribution in [-0.4, -0.2) is 33.7 Å². The Labute approximate surface area is 127 Å². The number of hydrogen-bond donors (Lipinski definition) is 0. The summed E-state index contributed by atoms with van der Waals surface area (Å²) in [4.78, 5) is 14.8. The van der Waals surface area contributed by atoms with Crippen LogP contribution in [-0.2, 0) is 13.5 Å². The number of carbonyl (C=O) groups excluding carboxylic acids is 1. The maximum Gasteiger partial charge on any atom is 0.272 e. The highest BCUT2D eigenvalue weighted by atomic mass is 16.2. The van der Waals surface area contributed by atoms with Gasteiger partial charge in [-0.1, -0.05) is 26.7 Å². The number of aromatic nitrogens is 2. The molecule has 0 radical (unpaired) electrons. The normalized spacial score (nSPS) is 20.9. The second-order valence-electron chi connectivity index (χ2n) is 7.43. The van der Waals surface area contributed by atoms with Crippen molar-refractivity contribution in [3.8, 4) is 0 Å². The maximum atomic E-state index is 12.8. The number of nitrogens with zero attached hydrogens (tertiary/aromatic N) is 3. The van der Waals surface area contributed by atoms with E-state index in [1.54, 1.807) is 4.68 Å². The van der Waals surface area contributed by atoms with Crippen molar-refractivity contribution in [1.29, 1.82) is 0 Å². The van der Waals surface area contributed by atoms with Gasteiger partial charge in [0.2, 0.25) is 0 Å². The first-order valence-electron chi connectivity index (χ1n) is 8.31. The van der Waals surface area contributed by atoms with Crippen LogP contribution in [0.2, 0.25) is 0 Å². The van der Waals surface area contributed by atoms with Crippen LogP contribution in [0, 0.1) is 11.3 Å². The van der Waals surface area contributed by atoms with Crippen molar-refractivity contribution < 1.29 is 4.79 Å². The molecule has 1 aliphatic heterocycles. The third kappa shape index (κ3) is 2.85. The Hall–Kier alpha value is -1.32. The van der Waals surface area contributed by atoms with E-state index in [0.717, 1.165) is 30.9 Å². The highest BCUT2D eigenvalue weighted by molar-refractivity contribution is 5.93. The molecule has 0 aromatic carbocycles. The minimum atomic E-state index is 0.170. The Kier molecular flexibility index (Phi) is 3.80. The molecule has 0 atom stereocenters. The van der Waals surface area contributed by atoms with Crippen molar-refractivity contribution >= 4 is 5.91 Å². The maximum absolute atomic E-state index is 12.8. The van der Waals surface area contributed by atoms with Gasteiger partial charge in [-0.2, -0.15) is 5.10 Å². The lowest BCUT2D eigenvalue weighted by atomic mass is 9.86. The number of likely N-dealkylation sites (tertiary alicyclic amines) is 1. The molecule has 2 fully saturated rings. The summed E-state index contributed by atoms with van der Waals surface area (Å²) in [5.74, 6) is 0.736. The zero-order valence-electron chi connectivity index (χ0n) is 13.6. The lowest BCUT2D eigenvalue weighted by Crippen LogP contribution is -2.32. The van der Waals surface area contributed by atoms with Crippen LogP contribution in [0.3, 0.4) is 0 Å². The van der Waals surface area contributed by atoms with Gasteiger partial charge in [-0.15, -0.1) is 0 Å². The summed E-state index contributed by atoms with van der Waals surface area (Å²) < 4.78 is 1.76. The Morgan fingerprint density at radius 1 is 1.33 bits per heavy atom. The van der Waals surface area contributed by atoms with Crippen molar-refractivity contribution in [1.82, 2.24) is 14.7 Å². The van der Waals surface area contributed by atoms with Gasteiger partial charge in [-0.05, 0) is 43.1 Å². The largest absolute Gasteiger partial charge is 0.337 e. The Morgan fingerprint density at radius 3 is 2.71 bits per heavy atom. The van der Waals surface area contributed by atoms with Crippen LogP contribution >= 0.6 is 0 Å². The van der Waals surface area contributed by atoms with Gasteiger partial charge in [-0.3, -0.25) is 9.48 Å². The minimum Gasteiger partial charge on any atom is -0.337 e. The molecule has 1 spiro atoms. The summed E-state index contributed by atoms with van der Waals surface area (Å²) in [5.41, 5.74) is 2.22. The zero-order valence-corrected chi connectivity index (χ0v) is 13.6. The second-order valence-corrected chi connectivity index (χ2v) is 7.43. The number of rotatable bonds is 3. The van der Waals surface area contributed by atoms with Crippen LogP contribution < -0.4 is 0 Å². The van der Waals surface area contributed by atoms with Crippen LogP contribution in [0.25, 0.3) is 0 Å². The first-order chi connectivity index (χ1) is 9.99. The van der Waals surface area contributed by atoms with Crippen LogP contribution in [0.1, 0.15) is 62.1 Å². The lowest BCUT2D eigenvalue weighted by Gasteiger charge is -2.23. The molecule has 1 saturated heterocycles. The SMILES string of the molecule is CC(C)Cc1cc(C(=O)N2CCC3(CCCC3)C2)n(C)n1. The average molecular weight is 289 g/mol. The zero-order chi connectivity index (χ0) is 15.0. The molecule has 116 valence electrons. The van der Waals surface area contributed by atoms with Gasteiger partial charge in [0.1, 0.15) is 5.69 Å². The molecule has 2 heterocycles. The third-order valence-corrected chi connectivity index (χ3v) is 5.16. The second kappa shape index (κ2) is 5.47. The van der Waals surface area contributed by atoms with Gasteiger partial charge >= 0.3 is 0 Å². The Morgan fingerprint density at radius 2 is 2.05 bits per heavy atom. The first kappa shape index (κ1) is 14.6. The topological polar surface area (TPSA) is 38.1 Å². The van der Waals surface area contributed by atoms with Crippen LogP contribution in [0.15, 0.2) is 6.07 Å². The fourth-order valence-electron chi connectivity index (χ4n) is 4.05. The van der Waals surface area contributed by atoms with E-state index in [1.807, 2.05) is 13.1 Å². The van der Waals surface area contributed by atoms with Crippen molar-refractivity contribution in [2.75, 3.05) is 13.1 Å². The monoisotopic (exact) mass is 289 g/mol. The van der Waals surface area contributed by atoms with E-state index in [0.29, 0.717) is 11.3 Å². The van der Waals surface area contributed by atoms with E-state index in [9.17, 15) is 4.79 Å². The quantitative estimate of drug-likeness (QED) is 0.858. The van der Waals surface area contributed by atoms with Crippen LogP contribution in [0.4, 0.5) is 0 Å².